The van der Waals surface area contributed by atoms with Gasteiger partial charge >= 0.3 is 0 Å². The van der Waals surface area contributed by atoms with Gasteiger partial charge in [0.15, 0.2) is 0 Å². The molecule has 1 aromatic rings. The van der Waals surface area contributed by atoms with Gasteiger partial charge in [-0.2, -0.15) is 0 Å². The summed E-state index contributed by atoms with van der Waals surface area (Å²) in [4.78, 5) is 11.5. The van der Waals surface area contributed by atoms with Crippen LogP contribution in [0, 0.1) is 0 Å². The summed E-state index contributed by atoms with van der Waals surface area (Å²) in [6.45, 7) is 4.32. The number of hydrogen-bond acceptors (Lipinski definition) is 2. The van der Waals surface area contributed by atoms with Gasteiger partial charge in [0.05, 0.1) is 5.69 Å². The van der Waals surface area contributed by atoms with Crippen LogP contribution in [0.4, 0.5) is 5.69 Å². The van der Waals surface area contributed by atoms with E-state index in [1.165, 1.54) is 5.56 Å². The van der Waals surface area contributed by atoms with Crippen molar-refractivity contribution in [3.05, 3.63) is 23.8 Å². The average Bonchev–Trinajstić information content (AvgIpc) is 2.18. The molecule has 0 aliphatic heterocycles. The highest BCUT2D eigenvalue weighted by molar-refractivity contribution is 7.98. The molecule has 3 heteroatoms. The van der Waals surface area contributed by atoms with Gasteiger partial charge in [-0.25, -0.2) is 0 Å². The maximum Gasteiger partial charge on any atom is 0.211 e. The number of rotatable bonds is 4. The predicted octanol–water partition coefficient (Wildman–Crippen LogP) is 3.10. The van der Waals surface area contributed by atoms with E-state index < -0.39 is 0 Å². The van der Waals surface area contributed by atoms with E-state index in [0.29, 0.717) is 12.3 Å². The standard InChI is InChI=1S/C11H15NOS/c1-8(2)9-4-5-10(12-7-13)11(6-9)14-3/h4-8H,1-3H3,(H,12,13). The van der Waals surface area contributed by atoms with Gasteiger partial charge in [-0.15, -0.1) is 11.8 Å². The van der Waals surface area contributed by atoms with Gasteiger partial charge in [0.25, 0.3) is 0 Å². The van der Waals surface area contributed by atoms with Crippen molar-refractivity contribution in [2.45, 2.75) is 24.7 Å². The fraction of sp³-hybridized carbons (Fsp3) is 0.364. The van der Waals surface area contributed by atoms with E-state index in [9.17, 15) is 4.79 Å². The molecular formula is C11H15NOS. The Morgan fingerprint density at radius 3 is 2.64 bits per heavy atom. The molecule has 0 saturated carbocycles. The molecule has 0 aliphatic carbocycles. The smallest absolute Gasteiger partial charge is 0.211 e. The minimum Gasteiger partial charge on any atom is -0.328 e. The van der Waals surface area contributed by atoms with Crippen molar-refractivity contribution in [1.82, 2.24) is 0 Å². The maximum atomic E-state index is 10.3. The van der Waals surface area contributed by atoms with Crippen molar-refractivity contribution in [3.8, 4) is 0 Å². The normalized spacial score (nSPS) is 10.3. The number of anilines is 1. The molecule has 0 heterocycles. The molecule has 0 atom stereocenters. The second-order valence-electron chi connectivity index (χ2n) is 3.38. The highest BCUT2D eigenvalue weighted by atomic mass is 32.2. The Kier molecular flexibility index (Phi) is 4.01. The molecule has 1 amide bonds. The van der Waals surface area contributed by atoms with Crippen molar-refractivity contribution in [2.24, 2.45) is 0 Å². The van der Waals surface area contributed by atoms with Crippen LogP contribution in [0.1, 0.15) is 25.3 Å². The zero-order chi connectivity index (χ0) is 10.6. The van der Waals surface area contributed by atoms with Crippen molar-refractivity contribution in [3.63, 3.8) is 0 Å². The third-order valence-corrected chi connectivity index (χ3v) is 2.88. The van der Waals surface area contributed by atoms with Crippen LogP contribution < -0.4 is 5.32 Å². The van der Waals surface area contributed by atoms with E-state index in [-0.39, 0.29) is 0 Å². The Bertz CT molecular complexity index is 323. The lowest BCUT2D eigenvalue weighted by atomic mass is 10.0. The molecule has 0 radical (unpaired) electrons. The Morgan fingerprint density at radius 2 is 2.14 bits per heavy atom. The molecule has 0 saturated heterocycles. The van der Waals surface area contributed by atoms with Gasteiger partial charge in [0, 0.05) is 4.90 Å². The summed E-state index contributed by atoms with van der Waals surface area (Å²) in [5.74, 6) is 0.520. The topological polar surface area (TPSA) is 29.1 Å². The summed E-state index contributed by atoms with van der Waals surface area (Å²) in [6, 6.07) is 6.13. The Hall–Kier alpha value is -0.960. The van der Waals surface area contributed by atoms with Crippen molar-refractivity contribution < 1.29 is 4.79 Å². The van der Waals surface area contributed by atoms with Crippen LogP contribution in [-0.4, -0.2) is 12.7 Å². The lowest BCUT2D eigenvalue weighted by molar-refractivity contribution is -0.105. The van der Waals surface area contributed by atoms with Crippen molar-refractivity contribution >= 4 is 23.9 Å². The summed E-state index contributed by atoms with van der Waals surface area (Å²) in [5, 5.41) is 2.69. The number of nitrogens with one attached hydrogen (secondary N) is 1. The molecular weight excluding hydrogens is 194 g/mol. The highest BCUT2D eigenvalue weighted by Gasteiger charge is 2.04. The first-order valence-electron chi connectivity index (χ1n) is 4.57. The SMILES string of the molecule is CSc1cc(C(C)C)ccc1NC=O. The van der Waals surface area contributed by atoms with Crippen molar-refractivity contribution in [2.75, 3.05) is 11.6 Å². The van der Waals surface area contributed by atoms with E-state index in [1.54, 1.807) is 11.8 Å². The zero-order valence-electron chi connectivity index (χ0n) is 8.70. The van der Waals surface area contributed by atoms with Crippen LogP contribution in [0.25, 0.3) is 0 Å². The van der Waals surface area contributed by atoms with Gasteiger partial charge < -0.3 is 5.32 Å². The van der Waals surface area contributed by atoms with E-state index in [4.69, 9.17) is 0 Å². The first-order chi connectivity index (χ1) is 6.69. The highest BCUT2D eigenvalue weighted by Crippen LogP contribution is 2.28. The minimum absolute atomic E-state index is 0.520. The minimum atomic E-state index is 0.520. The van der Waals surface area contributed by atoms with E-state index in [0.717, 1.165) is 10.6 Å². The van der Waals surface area contributed by atoms with Crippen LogP contribution in [-0.2, 0) is 4.79 Å². The van der Waals surface area contributed by atoms with Gasteiger partial charge in [-0.3, -0.25) is 4.79 Å². The van der Waals surface area contributed by atoms with Crippen LogP contribution in [0.2, 0.25) is 0 Å². The van der Waals surface area contributed by atoms with Crippen molar-refractivity contribution in [1.29, 1.82) is 0 Å². The molecule has 1 N–H and O–H groups in total. The quantitative estimate of drug-likeness (QED) is 0.610. The van der Waals surface area contributed by atoms with Gasteiger partial charge in [-0.1, -0.05) is 19.9 Å². The van der Waals surface area contributed by atoms with Crippen LogP contribution >= 0.6 is 11.8 Å². The summed E-state index contributed by atoms with van der Waals surface area (Å²) >= 11 is 1.65. The average molecular weight is 209 g/mol. The molecule has 1 aromatic carbocycles. The second kappa shape index (κ2) is 5.05. The number of hydrogen-bond donors (Lipinski definition) is 1. The molecule has 0 aliphatic rings. The predicted molar refractivity (Wildman–Crippen MR) is 62.0 cm³/mol. The van der Waals surface area contributed by atoms with Crippen LogP contribution in [0.3, 0.4) is 0 Å². The monoisotopic (exact) mass is 209 g/mol. The summed E-state index contributed by atoms with van der Waals surface area (Å²) in [6.07, 6.45) is 2.72. The summed E-state index contributed by atoms with van der Waals surface area (Å²) in [7, 11) is 0. The number of carbonyl (C=O) groups is 1. The number of thioether (sulfide) groups is 1. The van der Waals surface area contributed by atoms with Gasteiger partial charge in [0.1, 0.15) is 0 Å². The van der Waals surface area contributed by atoms with Crippen LogP contribution in [0.5, 0.6) is 0 Å². The van der Waals surface area contributed by atoms with E-state index >= 15 is 0 Å². The van der Waals surface area contributed by atoms with Gasteiger partial charge in [0.2, 0.25) is 6.41 Å². The molecule has 0 aromatic heterocycles. The lowest BCUT2D eigenvalue weighted by Gasteiger charge is -2.10. The number of amides is 1. The first-order valence-corrected chi connectivity index (χ1v) is 5.79. The molecule has 1 rings (SSSR count). The van der Waals surface area contributed by atoms with Gasteiger partial charge in [-0.05, 0) is 29.9 Å². The zero-order valence-corrected chi connectivity index (χ0v) is 9.52. The van der Waals surface area contributed by atoms with E-state index in [2.05, 4.69) is 31.3 Å². The fourth-order valence-corrected chi connectivity index (χ4v) is 1.85. The Labute approximate surface area is 89.1 Å². The third-order valence-electron chi connectivity index (χ3n) is 2.11. The third kappa shape index (κ3) is 2.51. The molecule has 0 fully saturated rings. The van der Waals surface area contributed by atoms with Crippen LogP contribution in [0.15, 0.2) is 23.1 Å². The fourth-order valence-electron chi connectivity index (χ4n) is 1.25. The second-order valence-corrected chi connectivity index (χ2v) is 4.22. The molecule has 0 bridgehead atoms. The molecule has 14 heavy (non-hydrogen) atoms. The number of carbonyl (C=O) groups excluding carboxylic acids is 1. The largest absolute Gasteiger partial charge is 0.328 e. The number of benzene rings is 1. The Balaban J connectivity index is 3.04. The van der Waals surface area contributed by atoms with E-state index in [1.807, 2.05) is 12.3 Å². The molecule has 0 spiro atoms. The summed E-state index contributed by atoms with van der Waals surface area (Å²) < 4.78 is 0. The molecule has 2 nitrogen and oxygen atoms in total. The maximum absolute atomic E-state index is 10.3. The lowest BCUT2D eigenvalue weighted by Crippen LogP contribution is -1.97. The molecule has 76 valence electrons. The summed E-state index contributed by atoms with van der Waals surface area (Å²) in [5.41, 5.74) is 2.18. The molecule has 0 unspecified atom stereocenters. The first kappa shape index (κ1) is 11.1. The Morgan fingerprint density at radius 1 is 1.43 bits per heavy atom.